The van der Waals surface area contributed by atoms with E-state index in [0.717, 1.165) is 30.4 Å². The third-order valence-corrected chi connectivity index (χ3v) is 14.5. The highest BCUT2D eigenvalue weighted by atomic mass is 35.5. The van der Waals surface area contributed by atoms with Crippen molar-refractivity contribution in [3.05, 3.63) is 83.2 Å². The number of rotatable bonds is 18. The molecule has 2 fully saturated rings. The maximum atomic E-state index is 14.7. The minimum atomic E-state index is -0.961. The highest BCUT2D eigenvalue weighted by molar-refractivity contribution is 5.95. The molecule has 0 bridgehead atoms. The molecule has 7 N–H and O–H groups in total. The molecule has 408 valence electrons. The lowest BCUT2D eigenvalue weighted by Crippen LogP contribution is -2.59. The first-order valence-corrected chi connectivity index (χ1v) is 25.5. The Morgan fingerprint density at radius 2 is 1.24 bits per heavy atom. The Kier molecular flexibility index (Phi) is 21.6. The molecule has 3 aliphatic rings. The van der Waals surface area contributed by atoms with Crippen LogP contribution in [0, 0.1) is 10.8 Å². The van der Waals surface area contributed by atoms with Gasteiger partial charge in [-0.15, -0.1) is 29.9 Å². The molecule has 10 atom stereocenters. The third kappa shape index (κ3) is 15.0. The summed E-state index contributed by atoms with van der Waals surface area (Å²) in [4.78, 5) is 101. The molecule has 1 aliphatic carbocycles. The van der Waals surface area contributed by atoms with Crippen molar-refractivity contribution in [2.24, 2.45) is 10.8 Å². The Morgan fingerprint density at radius 3 is 1.82 bits per heavy atom. The molecule has 6 rings (SSSR count). The van der Waals surface area contributed by atoms with E-state index in [2.05, 4.69) is 53.6 Å². The highest BCUT2D eigenvalue weighted by Gasteiger charge is 2.48. The molecule has 21 heteroatoms. The van der Waals surface area contributed by atoms with Gasteiger partial charge in [-0.3, -0.25) is 33.6 Å². The van der Waals surface area contributed by atoms with E-state index in [4.69, 9.17) is 0 Å². The van der Waals surface area contributed by atoms with E-state index < -0.39 is 65.1 Å². The lowest BCUT2D eigenvalue weighted by molar-refractivity contribution is -0.144. The van der Waals surface area contributed by atoms with Crippen LogP contribution in [-0.2, 0) is 46.4 Å². The fraction of sp³-hybridized carbons (Fsp3) is 0.604. The molecule has 3 heterocycles. The Morgan fingerprint density at radius 1 is 0.689 bits per heavy atom. The number of hydrogen-bond acceptors (Lipinski definition) is 11. The van der Waals surface area contributed by atoms with E-state index in [-0.39, 0.29) is 111 Å². The van der Waals surface area contributed by atoms with Crippen molar-refractivity contribution in [1.82, 2.24) is 62.0 Å². The fourth-order valence-electron chi connectivity index (χ4n) is 9.81. The molecule has 19 nitrogen and oxygen atoms in total. The predicted octanol–water partition coefficient (Wildman–Crippen LogP) is 3.63. The second kappa shape index (κ2) is 26.2. The molecule has 2 saturated heterocycles. The zero-order valence-corrected chi connectivity index (χ0v) is 46.5. The van der Waals surface area contributed by atoms with Crippen molar-refractivity contribution in [2.45, 2.75) is 168 Å². The number of likely N-dealkylation sites (N-methyl/N-ethyl adjacent to an activating group) is 2. The van der Waals surface area contributed by atoms with Gasteiger partial charge in [0.25, 0.3) is 0 Å². The topological polar surface area (TPSA) is 241 Å². The summed E-state index contributed by atoms with van der Waals surface area (Å²) < 4.78 is 1.65. The van der Waals surface area contributed by atoms with Gasteiger partial charge >= 0.3 is 0 Å². The fourth-order valence-corrected chi connectivity index (χ4v) is 9.81. The normalized spacial score (nSPS) is 21.5. The Balaban J connectivity index is 0.00000593. The molecule has 3 aromatic rings. The van der Waals surface area contributed by atoms with Gasteiger partial charge < -0.3 is 47.0 Å². The summed E-state index contributed by atoms with van der Waals surface area (Å²) in [5.74, 6) is -2.46. The van der Waals surface area contributed by atoms with Gasteiger partial charge in [-0.2, -0.15) is 0 Å². The summed E-state index contributed by atoms with van der Waals surface area (Å²) in [7, 11) is 3.33. The number of benzene rings is 2. The molecule has 2 aliphatic heterocycles. The molecular weight excluding hydrogens is 988 g/mol. The van der Waals surface area contributed by atoms with Gasteiger partial charge in [0.2, 0.25) is 41.4 Å². The summed E-state index contributed by atoms with van der Waals surface area (Å²) in [6.07, 6.45) is 4.99. The summed E-state index contributed by atoms with van der Waals surface area (Å²) in [6, 6.07) is 11.2. The number of nitrogens with zero attached hydrogens (tertiary/aromatic N) is 5. The number of likely N-dealkylation sites (tertiary alicyclic amines) is 2. The van der Waals surface area contributed by atoms with Gasteiger partial charge in [0.1, 0.15) is 24.2 Å². The number of aromatic nitrogens is 3. The van der Waals surface area contributed by atoms with Crippen LogP contribution in [-0.4, -0.2) is 136 Å². The SMILES string of the molecule is CN[C@@H](C)C(=O)NC(C(=O)N1C[C@H](NC(=O)CCc2cn([C@H]3C[C@@H](C(=O)N[C@@H]4CCCc5ccccc54)N(C(=O)[C@@H](NC(=O)[C@H](C)NC)C(C)(C)C)C3)nn2)CC1C(=O)N[C@H](C)c1ccccc1)C(C)(C)C.Cl.Cl. The number of fused-ring (bicyclic) bond motifs is 1. The Hall–Kier alpha value is -5.63. The molecular formula is C53H80Cl2N12O7. The monoisotopic (exact) mass is 1070 g/mol. The first-order chi connectivity index (χ1) is 34.0. The van der Waals surface area contributed by atoms with E-state index in [9.17, 15) is 33.6 Å². The lowest BCUT2D eigenvalue weighted by Gasteiger charge is -2.36. The van der Waals surface area contributed by atoms with Crippen LogP contribution in [0.5, 0.6) is 0 Å². The van der Waals surface area contributed by atoms with Crippen molar-refractivity contribution in [2.75, 3.05) is 27.2 Å². The van der Waals surface area contributed by atoms with Crippen molar-refractivity contribution in [3.63, 3.8) is 0 Å². The molecule has 7 amide bonds. The lowest BCUT2D eigenvalue weighted by atomic mass is 9.85. The molecule has 0 radical (unpaired) electrons. The largest absolute Gasteiger partial charge is 0.351 e. The standard InChI is InChI=1S/C53H78N12O7.2ClH/c1-31(34-18-13-12-14-19-34)56-48(69)41-26-37(28-63(41)50(71)44(52(4,5)6)59-46(67)32(2)54-10)57-43(66)25-24-36-29-65(62-61-36)38-27-42(49(70)58-40-23-17-21-35-20-15-16-22-39(35)40)64(30-38)51(72)45(53(7,8)9)60-47(68)33(3)55-11;;/h12-16,18-20,22,29,31-33,37-38,40-42,44-45,54-55H,17,21,23-28,30H2,1-11H3,(H,56,69)(H,57,66)(H,58,70)(H,59,67)(H,60,68);2*1H/t31-,32+,33+,37-,38+,40-,41?,42+,44?,45-;;/m1../s1. The number of nitrogens with one attached hydrogen (secondary N) is 7. The third-order valence-electron chi connectivity index (χ3n) is 14.5. The van der Waals surface area contributed by atoms with Crippen LogP contribution in [0.2, 0.25) is 0 Å². The summed E-state index contributed by atoms with van der Waals surface area (Å²) in [6.45, 7) is 16.7. The minimum absolute atomic E-state index is 0. The number of carbonyl (C=O) groups is 7. The van der Waals surface area contributed by atoms with Crippen LogP contribution in [0.3, 0.4) is 0 Å². The van der Waals surface area contributed by atoms with E-state index in [1.807, 2.05) is 97.0 Å². The van der Waals surface area contributed by atoms with Crippen LogP contribution >= 0.6 is 24.8 Å². The van der Waals surface area contributed by atoms with E-state index in [1.54, 1.807) is 43.7 Å². The summed E-state index contributed by atoms with van der Waals surface area (Å²) >= 11 is 0. The first-order valence-electron chi connectivity index (χ1n) is 25.5. The van der Waals surface area contributed by atoms with Crippen molar-refractivity contribution < 1.29 is 33.6 Å². The molecule has 1 aromatic heterocycles. The van der Waals surface area contributed by atoms with Gasteiger partial charge in [0, 0.05) is 44.6 Å². The number of carbonyl (C=O) groups excluding carboxylic acids is 7. The predicted molar refractivity (Wildman–Crippen MR) is 287 cm³/mol. The van der Waals surface area contributed by atoms with E-state index in [1.165, 1.54) is 10.5 Å². The number of aryl methyl sites for hydroxylation is 2. The molecule has 74 heavy (non-hydrogen) atoms. The maximum Gasteiger partial charge on any atom is 0.246 e. The Bertz CT molecular complexity index is 2430. The molecule has 0 saturated carbocycles. The summed E-state index contributed by atoms with van der Waals surface area (Å²) in [5, 5.41) is 29.9. The number of amides is 7. The highest BCUT2D eigenvalue weighted by Crippen LogP contribution is 2.34. The van der Waals surface area contributed by atoms with Gasteiger partial charge in [-0.05, 0) is 88.1 Å². The van der Waals surface area contributed by atoms with Crippen LogP contribution in [0.25, 0.3) is 0 Å². The zero-order chi connectivity index (χ0) is 52.7. The van der Waals surface area contributed by atoms with Crippen LogP contribution < -0.4 is 37.2 Å². The smallest absolute Gasteiger partial charge is 0.246 e. The summed E-state index contributed by atoms with van der Waals surface area (Å²) in [5.41, 5.74) is 2.27. The van der Waals surface area contributed by atoms with Crippen LogP contribution in [0.1, 0.15) is 135 Å². The second-order valence-corrected chi connectivity index (χ2v) is 22.0. The first kappa shape index (κ1) is 60.9. The Labute approximate surface area is 448 Å². The van der Waals surface area contributed by atoms with Crippen molar-refractivity contribution in [1.29, 1.82) is 0 Å². The quantitative estimate of drug-likeness (QED) is 0.0971. The van der Waals surface area contributed by atoms with E-state index in [0.29, 0.717) is 5.69 Å². The van der Waals surface area contributed by atoms with Gasteiger partial charge in [0.15, 0.2) is 0 Å². The molecule has 2 unspecified atom stereocenters. The van der Waals surface area contributed by atoms with Crippen LogP contribution in [0.4, 0.5) is 0 Å². The average Bonchev–Trinajstić information content (AvgIpc) is 4.12. The molecule has 2 aromatic carbocycles. The van der Waals surface area contributed by atoms with E-state index >= 15 is 0 Å². The number of hydrogen-bond donors (Lipinski definition) is 7. The average molecular weight is 1070 g/mol. The number of halogens is 2. The van der Waals surface area contributed by atoms with Gasteiger partial charge in [-0.25, -0.2) is 4.68 Å². The minimum Gasteiger partial charge on any atom is -0.351 e. The van der Waals surface area contributed by atoms with Gasteiger partial charge in [-0.1, -0.05) is 101 Å². The van der Waals surface area contributed by atoms with Crippen LogP contribution in [0.15, 0.2) is 60.8 Å². The zero-order valence-electron chi connectivity index (χ0n) is 44.8. The van der Waals surface area contributed by atoms with Gasteiger partial charge in [0.05, 0.1) is 35.9 Å². The second-order valence-electron chi connectivity index (χ2n) is 22.0. The molecule has 0 spiro atoms. The van der Waals surface area contributed by atoms with Crippen molar-refractivity contribution in [3.8, 4) is 0 Å². The van der Waals surface area contributed by atoms with Crippen molar-refractivity contribution >= 4 is 66.2 Å². The maximum absolute atomic E-state index is 14.7.